The number of aromatic nitrogens is 4. The third-order valence-corrected chi connectivity index (χ3v) is 12.2. The molecule has 4 N–H and O–H groups in total. The summed E-state index contributed by atoms with van der Waals surface area (Å²) in [6.07, 6.45) is 12.9. The van der Waals surface area contributed by atoms with Crippen molar-refractivity contribution in [3.8, 4) is 22.3 Å². The summed E-state index contributed by atoms with van der Waals surface area (Å²) < 4.78 is 0. The Morgan fingerprint density at radius 1 is 0.237 bits per heavy atom. The van der Waals surface area contributed by atoms with E-state index in [0.29, 0.717) is 0 Å². The van der Waals surface area contributed by atoms with E-state index in [0.717, 1.165) is 72.7 Å². The monoisotopic (exact) mass is 982 g/mol. The molecule has 76 heavy (non-hydrogen) atoms. The number of anilines is 8. The van der Waals surface area contributed by atoms with E-state index < -0.39 is 0 Å². The van der Waals surface area contributed by atoms with Crippen molar-refractivity contribution in [1.82, 2.24) is 19.9 Å². The standard InChI is InChI=1S/C23H18N2.3C15H12N2/c1-2-11-22(12-3-1)25-23-13-5-9-20(16-23)18-7-4-8-19(15-18)21-10-6-14-24-17-21;1-2-6-12(7-3-1)17-15-10-4-9-14-13(15)8-5-11-16-14;1-2-7-13(8-3-1)17-15-11-16-10-12-6-4-5-9-14(12)15;1-2-4-14(5-3-1)17-15-7-6-13-11-16-9-8-12(13)10-15/h1-17,25H;3*1-11,17H. The molecular weight excluding hydrogens is 929 g/mol. The molecule has 0 fully saturated rings. The second-order valence-corrected chi connectivity index (χ2v) is 17.6. The van der Waals surface area contributed by atoms with E-state index >= 15 is 0 Å². The molecule has 0 atom stereocenters. The second-order valence-electron chi connectivity index (χ2n) is 17.6. The number of fused-ring (bicyclic) bond motifs is 3. The van der Waals surface area contributed by atoms with Crippen LogP contribution in [0.3, 0.4) is 0 Å². The first-order valence-electron chi connectivity index (χ1n) is 25.1. The van der Waals surface area contributed by atoms with Gasteiger partial charge in [0, 0.05) is 104 Å². The third kappa shape index (κ3) is 13.5. The summed E-state index contributed by atoms with van der Waals surface area (Å²) in [7, 11) is 0. The lowest BCUT2D eigenvalue weighted by Crippen LogP contribution is -1.91. The molecule has 0 saturated heterocycles. The summed E-state index contributed by atoms with van der Waals surface area (Å²) in [4.78, 5) is 16.9. The van der Waals surface area contributed by atoms with Crippen molar-refractivity contribution in [3.05, 3.63) is 304 Å². The summed E-state index contributed by atoms with van der Waals surface area (Å²) in [5, 5.41) is 19.4. The lowest BCUT2D eigenvalue weighted by Gasteiger charge is -2.10. The molecule has 4 aromatic heterocycles. The van der Waals surface area contributed by atoms with Crippen molar-refractivity contribution < 1.29 is 0 Å². The topological polar surface area (TPSA) is 99.7 Å². The Balaban J connectivity index is 0.000000117. The van der Waals surface area contributed by atoms with E-state index in [-0.39, 0.29) is 0 Å². The highest BCUT2D eigenvalue weighted by atomic mass is 14.9. The Bertz CT molecular complexity index is 3740. The first-order valence-corrected chi connectivity index (χ1v) is 25.1. The molecule has 9 aromatic carbocycles. The first-order chi connectivity index (χ1) is 37.7. The number of hydrogen-bond donors (Lipinski definition) is 4. The molecule has 13 rings (SSSR count). The zero-order chi connectivity index (χ0) is 51.4. The zero-order valence-electron chi connectivity index (χ0n) is 41.7. The van der Waals surface area contributed by atoms with Gasteiger partial charge in [-0.15, -0.1) is 0 Å². The fraction of sp³-hybridized carbons (Fsp3) is 0. The van der Waals surface area contributed by atoms with Crippen LogP contribution in [0.1, 0.15) is 0 Å². The first kappa shape index (κ1) is 49.2. The van der Waals surface area contributed by atoms with Crippen molar-refractivity contribution >= 4 is 77.9 Å². The molecule has 0 spiro atoms. The van der Waals surface area contributed by atoms with Gasteiger partial charge in [-0.2, -0.15) is 0 Å². The van der Waals surface area contributed by atoms with Crippen LogP contribution >= 0.6 is 0 Å². The fourth-order valence-electron chi connectivity index (χ4n) is 8.51. The maximum atomic E-state index is 4.34. The van der Waals surface area contributed by atoms with Gasteiger partial charge in [0.2, 0.25) is 0 Å². The molecule has 13 aromatic rings. The number of pyridine rings is 4. The van der Waals surface area contributed by atoms with Gasteiger partial charge in [-0.25, -0.2) is 0 Å². The minimum absolute atomic E-state index is 1.01. The minimum Gasteiger partial charge on any atom is -0.356 e. The number of para-hydroxylation sites is 4. The lowest BCUT2D eigenvalue weighted by atomic mass is 9.99. The van der Waals surface area contributed by atoms with E-state index in [1.807, 2.05) is 165 Å². The van der Waals surface area contributed by atoms with E-state index in [1.54, 1.807) is 6.20 Å². The largest absolute Gasteiger partial charge is 0.356 e. The van der Waals surface area contributed by atoms with E-state index in [1.165, 1.54) is 27.5 Å². The normalized spacial score (nSPS) is 10.4. The van der Waals surface area contributed by atoms with Crippen molar-refractivity contribution in [2.45, 2.75) is 0 Å². The maximum absolute atomic E-state index is 4.34. The van der Waals surface area contributed by atoms with Gasteiger partial charge in [-0.1, -0.05) is 146 Å². The van der Waals surface area contributed by atoms with Crippen LogP contribution in [0.2, 0.25) is 0 Å². The molecule has 0 aliphatic rings. The van der Waals surface area contributed by atoms with Crippen LogP contribution < -0.4 is 21.3 Å². The fourth-order valence-corrected chi connectivity index (χ4v) is 8.51. The Morgan fingerprint density at radius 2 is 0.750 bits per heavy atom. The van der Waals surface area contributed by atoms with Crippen LogP contribution in [-0.4, -0.2) is 19.9 Å². The summed E-state index contributed by atoms with van der Waals surface area (Å²) in [6, 6.07) is 88.4. The minimum atomic E-state index is 1.01. The molecule has 4 heterocycles. The van der Waals surface area contributed by atoms with Gasteiger partial charge in [0.05, 0.1) is 17.4 Å². The van der Waals surface area contributed by atoms with Gasteiger partial charge >= 0.3 is 0 Å². The van der Waals surface area contributed by atoms with Crippen molar-refractivity contribution in [1.29, 1.82) is 0 Å². The summed E-state index contributed by atoms with van der Waals surface area (Å²) >= 11 is 0. The van der Waals surface area contributed by atoms with Crippen LogP contribution in [0.4, 0.5) is 45.5 Å². The third-order valence-electron chi connectivity index (χ3n) is 12.2. The van der Waals surface area contributed by atoms with Gasteiger partial charge < -0.3 is 21.3 Å². The van der Waals surface area contributed by atoms with Gasteiger partial charge in [-0.3, -0.25) is 19.9 Å². The Hall–Kier alpha value is -10.4. The van der Waals surface area contributed by atoms with Gasteiger partial charge in [0.1, 0.15) is 0 Å². The van der Waals surface area contributed by atoms with Crippen LogP contribution in [0.15, 0.2) is 304 Å². The average molecular weight is 983 g/mol. The molecule has 0 aliphatic carbocycles. The molecule has 0 unspecified atom stereocenters. The Morgan fingerprint density at radius 3 is 1.43 bits per heavy atom. The van der Waals surface area contributed by atoms with Crippen molar-refractivity contribution in [2.24, 2.45) is 0 Å². The van der Waals surface area contributed by atoms with Crippen LogP contribution in [0.25, 0.3) is 54.7 Å². The average Bonchev–Trinajstić information content (AvgIpc) is 3.49. The number of nitrogens with one attached hydrogen (secondary N) is 4. The molecule has 8 nitrogen and oxygen atoms in total. The predicted octanol–water partition coefficient (Wildman–Crippen LogP) is 18.1. The molecule has 0 amide bonds. The molecule has 0 saturated carbocycles. The Labute approximate surface area is 443 Å². The number of benzene rings is 9. The molecule has 0 radical (unpaired) electrons. The molecule has 8 heteroatoms. The zero-order valence-corrected chi connectivity index (χ0v) is 41.7. The number of hydrogen-bond acceptors (Lipinski definition) is 8. The Kier molecular flexibility index (Phi) is 16.4. The number of rotatable bonds is 10. The van der Waals surface area contributed by atoms with Crippen molar-refractivity contribution in [3.63, 3.8) is 0 Å². The van der Waals surface area contributed by atoms with Crippen LogP contribution in [0, 0.1) is 0 Å². The SMILES string of the molecule is c1ccc(Nc2ccc3cnccc3c2)cc1.c1ccc(Nc2cccc(-c3cccc(-c4cccnc4)c3)c2)cc1.c1ccc(Nc2cccc3ncccc23)cc1.c1ccc(Nc2cncc3ccccc23)cc1. The highest BCUT2D eigenvalue weighted by molar-refractivity contribution is 5.95. The molecule has 0 bridgehead atoms. The smallest absolute Gasteiger partial charge is 0.0722 e. The molecule has 0 aliphatic heterocycles. The number of nitrogens with zero attached hydrogens (tertiary/aromatic N) is 4. The second kappa shape index (κ2) is 25.3. The van der Waals surface area contributed by atoms with Gasteiger partial charge in [-0.05, 0) is 137 Å². The molecular formula is C68H54N8. The lowest BCUT2D eigenvalue weighted by molar-refractivity contribution is 1.33. The van der Waals surface area contributed by atoms with E-state index in [2.05, 4.69) is 175 Å². The van der Waals surface area contributed by atoms with Crippen LogP contribution in [-0.2, 0) is 0 Å². The highest BCUT2D eigenvalue weighted by Gasteiger charge is 2.05. The van der Waals surface area contributed by atoms with E-state index in [4.69, 9.17) is 0 Å². The quantitative estimate of drug-likeness (QED) is 0.108. The predicted molar refractivity (Wildman–Crippen MR) is 319 cm³/mol. The molecule has 366 valence electrons. The van der Waals surface area contributed by atoms with E-state index in [9.17, 15) is 0 Å². The highest BCUT2D eigenvalue weighted by Crippen LogP contribution is 2.30. The summed E-state index contributed by atoms with van der Waals surface area (Å²) in [6.45, 7) is 0. The maximum Gasteiger partial charge on any atom is 0.0722 e. The van der Waals surface area contributed by atoms with Gasteiger partial charge in [0.15, 0.2) is 0 Å². The summed E-state index contributed by atoms with van der Waals surface area (Å²) in [5.41, 5.74) is 14.3. The van der Waals surface area contributed by atoms with Gasteiger partial charge in [0.25, 0.3) is 0 Å². The summed E-state index contributed by atoms with van der Waals surface area (Å²) in [5.74, 6) is 0. The van der Waals surface area contributed by atoms with Crippen LogP contribution in [0.5, 0.6) is 0 Å². The van der Waals surface area contributed by atoms with Crippen molar-refractivity contribution in [2.75, 3.05) is 21.3 Å².